The van der Waals surface area contributed by atoms with Crippen molar-refractivity contribution in [2.24, 2.45) is 5.92 Å². The molecule has 0 aliphatic carbocycles. The Hall–Kier alpha value is -1.44. The zero-order chi connectivity index (χ0) is 16.8. The lowest BCUT2D eigenvalue weighted by Crippen LogP contribution is -2.44. The van der Waals surface area contributed by atoms with E-state index in [4.69, 9.17) is 9.47 Å². The minimum atomic E-state index is -0.265. The molecule has 0 saturated carbocycles. The predicted octanol–water partition coefficient (Wildman–Crippen LogP) is 0.836. The highest BCUT2D eigenvalue weighted by Gasteiger charge is 2.38. The summed E-state index contributed by atoms with van der Waals surface area (Å²) in [6.07, 6.45) is 4.11. The number of hydrogen-bond acceptors (Lipinski definition) is 5. The topological polar surface area (TPSA) is 76.8 Å². The summed E-state index contributed by atoms with van der Waals surface area (Å²) < 4.78 is 12.7. The van der Waals surface area contributed by atoms with Gasteiger partial charge in [-0.25, -0.2) is 0 Å². The number of aromatic nitrogens is 2. The number of likely N-dealkylation sites (N-methyl/N-ethyl adjacent to an activating group) is 1. The van der Waals surface area contributed by atoms with Gasteiger partial charge in [0.05, 0.1) is 44.0 Å². The first-order chi connectivity index (χ1) is 11.1. The Morgan fingerprint density at radius 1 is 1.65 bits per heavy atom. The van der Waals surface area contributed by atoms with Gasteiger partial charge in [-0.3, -0.25) is 9.48 Å². The average molecular weight is 325 g/mol. The third kappa shape index (κ3) is 4.10. The normalized spacial score (nSPS) is 22.3. The lowest BCUT2D eigenvalue weighted by molar-refractivity contribution is -0.140. The minimum absolute atomic E-state index is 0.0349. The van der Waals surface area contributed by atoms with Crippen LogP contribution in [0.4, 0.5) is 0 Å². The summed E-state index contributed by atoms with van der Waals surface area (Å²) in [7, 11) is 1.65. The number of carbonyl (C=O) groups is 1. The van der Waals surface area contributed by atoms with Crippen molar-refractivity contribution in [1.29, 1.82) is 0 Å². The van der Waals surface area contributed by atoms with E-state index >= 15 is 0 Å². The molecule has 7 heteroatoms. The first-order valence-electron chi connectivity index (χ1n) is 8.16. The fraction of sp³-hybridized carbons (Fsp3) is 0.750. The largest absolute Gasteiger partial charge is 0.394 e. The summed E-state index contributed by atoms with van der Waals surface area (Å²) in [5.74, 6) is -0.176. The predicted molar refractivity (Wildman–Crippen MR) is 84.8 cm³/mol. The van der Waals surface area contributed by atoms with Gasteiger partial charge in [0, 0.05) is 32.0 Å². The minimum Gasteiger partial charge on any atom is -0.394 e. The van der Waals surface area contributed by atoms with Crippen LogP contribution in [0.2, 0.25) is 0 Å². The molecule has 1 amide bonds. The van der Waals surface area contributed by atoms with Gasteiger partial charge in [-0.1, -0.05) is 0 Å². The second kappa shape index (κ2) is 8.42. The number of ether oxygens (including phenoxy) is 2. The Bertz CT molecular complexity index is 505. The van der Waals surface area contributed by atoms with Crippen LogP contribution in [0.15, 0.2) is 12.4 Å². The molecule has 0 unspecified atom stereocenters. The third-order valence-corrected chi connectivity index (χ3v) is 4.34. The second-order valence-electron chi connectivity index (χ2n) is 5.87. The molecule has 2 rings (SSSR count). The highest BCUT2D eigenvalue weighted by molar-refractivity contribution is 5.80. The van der Waals surface area contributed by atoms with Gasteiger partial charge >= 0.3 is 0 Å². The van der Waals surface area contributed by atoms with Gasteiger partial charge in [0.1, 0.15) is 0 Å². The van der Waals surface area contributed by atoms with Crippen LogP contribution in [-0.4, -0.2) is 65.2 Å². The molecule has 1 aliphatic heterocycles. The zero-order valence-corrected chi connectivity index (χ0v) is 14.1. The summed E-state index contributed by atoms with van der Waals surface area (Å²) in [5, 5.41) is 13.6. The molecule has 1 aliphatic rings. The molecule has 2 heterocycles. The maximum absolute atomic E-state index is 12.8. The summed E-state index contributed by atoms with van der Waals surface area (Å²) in [5.41, 5.74) is 0.921. The molecule has 7 nitrogen and oxygen atoms in total. The van der Waals surface area contributed by atoms with Crippen LogP contribution in [-0.2, 0) is 20.8 Å². The molecule has 1 saturated heterocycles. The number of hydrogen-bond donors (Lipinski definition) is 1. The van der Waals surface area contributed by atoms with Gasteiger partial charge in [0.2, 0.25) is 5.91 Å². The molecule has 0 bridgehead atoms. The van der Waals surface area contributed by atoms with Crippen molar-refractivity contribution < 1.29 is 19.4 Å². The van der Waals surface area contributed by atoms with Gasteiger partial charge in [0.15, 0.2) is 0 Å². The molecule has 0 radical (unpaired) electrons. The number of aliphatic hydroxyl groups excluding tert-OH is 1. The van der Waals surface area contributed by atoms with E-state index in [0.29, 0.717) is 32.7 Å². The van der Waals surface area contributed by atoms with Crippen molar-refractivity contribution in [3.63, 3.8) is 0 Å². The Balaban J connectivity index is 2.10. The van der Waals surface area contributed by atoms with Crippen molar-refractivity contribution in [3.05, 3.63) is 18.0 Å². The van der Waals surface area contributed by atoms with Gasteiger partial charge in [0.25, 0.3) is 0 Å². The van der Waals surface area contributed by atoms with Crippen LogP contribution in [0, 0.1) is 5.92 Å². The van der Waals surface area contributed by atoms with Crippen LogP contribution >= 0.6 is 0 Å². The quantitative estimate of drug-likeness (QED) is 0.766. The maximum Gasteiger partial charge on any atom is 0.229 e. The number of methoxy groups -OCH3 is 1. The second-order valence-corrected chi connectivity index (χ2v) is 5.87. The van der Waals surface area contributed by atoms with E-state index in [2.05, 4.69) is 5.10 Å². The highest BCUT2D eigenvalue weighted by Crippen LogP contribution is 2.35. The van der Waals surface area contributed by atoms with Crippen LogP contribution in [0.25, 0.3) is 0 Å². The number of nitrogens with zero attached hydrogens (tertiary/aromatic N) is 3. The van der Waals surface area contributed by atoms with E-state index in [9.17, 15) is 9.90 Å². The summed E-state index contributed by atoms with van der Waals surface area (Å²) in [4.78, 5) is 14.6. The molecular formula is C16H27N3O4. The standard InChI is InChI=1S/C16H27N3O4/c1-4-19(12(2)11-20)16(21)14-5-7-23-15(14)13-9-17-18(10-13)6-8-22-3/h9-10,12,14-15,20H,4-8,11H2,1-3H3/t12-,14-,15+/m0/s1. The maximum atomic E-state index is 12.8. The molecule has 1 aromatic heterocycles. The first-order valence-corrected chi connectivity index (χ1v) is 8.16. The Kier molecular flexibility index (Phi) is 6.56. The van der Waals surface area contributed by atoms with Crippen LogP contribution < -0.4 is 0 Å². The molecule has 130 valence electrons. The smallest absolute Gasteiger partial charge is 0.229 e. The summed E-state index contributed by atoms with van der Waals surface area (Å²) in [6.45, 7) is 6.16. The third-order valence-electron chi connectivity index (χ3n) is 4.34. The van der Waals surface area contributed by atoms with Crippen LogP contribution in [0.1, 0.15) is 31.9 Å². The Labute approximate surface area is 137 Å². The van der Waals surface area contributed by atoms with Crippen LogP contribution in [0.3, 0.4) is 0 Å². The summed E-state index contributed by atoms with van der Waals surface area (Å²) >= 11 is 0. The number of rotatable bonds is 8. The lowest BCUT2D eigenvalue weighted by Gasteiger charge is -2.30. The average Bonchev–Trinajstić information content (AvgIpc) is 3.21. The highest BCUT2D eigenvalue weighted by atomic mass is 16.5. The molecule has 1 N–H and O–H groups in total. The van der Waals surface area contributed by atoms with E-state index in [1.165, 1.54) is 0 Å². The molecule has 0 aromatic carbocycles. The monoisotopic (exact) mass is 325 g/mol. The molecule has 1 fully saturated rings. The molecule has 3 atom stereocenters. The molecule has 1 aromatic rings. The number of aliphatic hydroxyl groups is 1. The van der Waals surface area contributed by atoms with E-state index in [1.807, 2.05) is 20.0 Å². The number of amides is 1. The molecule has 0 spiro atoms. The number of carbonyl (C=O) groups excluding carboxylic acids is 1. The van der Waals surface area contributed by atoms with Crippen molar-refractivity contribution >= 4 is 5.91 Å². The Morgan fingerprint density at radius 2 is 2.43 bits per heavy atom. The fourth-order valence-electron chi connectivity index (χ4n) is 3.00. The molecular weight excluding hydrogens is 298 g/mol. The fourth-order valence-corrected chi connectivity index (χ4v) is 3.00. The van der Waals surface area contributed by atoms with E-state index in [1.54, 1.807) is 22.9 Å². The van der Waals surface area contributed by atoms with Crippen molar-refractivity contribution in [3.8, 4) is 0 Å². The molecule has 23 heavy (non-hydrogen) atoms. The van der Waals surface area contributed by atoms with E-state index < -0.39 is 0 Å². The van der Waals surface area contributed by atoms with Crippen molar-refractivity contribution in [2.75, 3.05) is 33.5 Å². The van der Waals surface area contributed by atoms with Crippen molar-refractivity contribution in [2.45, 2.75) is 39.0 Å². The van der Waals surface area contributed by atoms with Crippen molar-refractivity contribution in [1.82, 2.24) is 14.7 Å². The van der Waals surface area contributed by atoms with Gasteiger partial charge < -0.3 is 19.5 Å². The van der Waals surface area contributed by atoms with Gasteiger partial charge in [-0.05, 0) is 20.3 Å². The van der Waals surface area contributed by atoms with E-state index in [-0.39, 0.29) is 30.6 Å². The zero-order valence-electron chi connectivity index (χ0n) is 14.1. The first kappa shape index (κ1) is 17.9. The van der Waals surface area contributed by atoms with E-state index in [0.717, 1.165) is 5.56 Å². The van der Waals surface area contributed by atoms with Gasteiger partial charge in [-0.2, -0.15) is 5.10 Å². The SMILES string of the molecule is CCN(C(=O)[C@H]1CCO[C@@H]1c1cnn(CCOC)c1)[C@@H](C)CO. The summed E-state index contributed by atoms with van der Waals surface area (Å²) in [6, 6.07) is -0.182. The van der Waals surface area contributed by atoms with Crippen LogP contribution in [0.5, 0.6) is 0 Å². The lowest BCUT2D eigenvalue weighted by atomic mass is 9.95. The van der Waals surface area contributed by atoms with Gasteiger partial charge in [-0.15, -0.1) is 0 Å². The Morgan fingerprint density at radius 3 is 3.09 bits per heavy atom.